The van der Waals surface area contributed by atoms with Crippen LogP contribution in [0.15, 0.2) is 35.1 Å². The molecule has 0 aliphatic heterocycles. The number of amides is 1. The Hall–Kier alpha value is -2.74. The Morgan fingerprint density at radius 2 is 2.12 bits per heavy atom. The van der Waals surface area contributed by atoms with Crippen molar-refractivity contribution in [2.24, 2.45) is 0 Å². The van der Waals surface area contributed by atoms with Crippen LogP contribution in [-0.4, -0.2) is 27.3 Å². The second kappa shape index (κ2) is 8.09. The number of aromatic nitrogens is 3. The predicted octanol–water partition coefficient (Wildman–Crippen LogP) is 3.30. The van der Waals surface area contributed by atoms with Crippen molar-refractivity contribution in [1.29, 1.82) is 0 Å². The van der Waals surface area contributed by atoms with Gasteiger partial charge < -0.3 is 4.74 Å². The van der Waals surface area contributed by atoms with Crippen molar-refractivity contribution >= 4 is 32.6 Å². The number of hydrogen-bond acceptors (Lipinski definition) is 6. The first kappa shape index (κ1) is 18.1. The summed E-state index contributed by atoms with van der Waals surface area (Å²) >= 11 is 1.36. The fourth-order valence-electron chi connectivity index (χ4n) is 2.41. The number of aryl methyl sites for hydroxylation is 1. The first-order valence-corrected chi connectivity index (χ1v) is 9.35. The molecule has 26 heavy (non-hydrogen) atoms. The summed E-state index contributed by atoms with van der Waals surface area (Å²) in [6.07, 6.45) is 1.78. The van der Waals surface area contributed by atoms with E-state index in [1.54, 1.807) is 0 Å². The van der Waals surface area contributed by atoms with Crippen LogP contribution in [0.25, 0.3) is 10.2 Å². The molecule has 136 valence electrons. The van der Waals surface area contributed by atoms with Crippen LogP contribution in [0, 0.1) is 0 Å². The normalized spacial score (nSPS) is 10.8. The summed E-state index contributed by atoms with van der Waals surface area (Å²) in [6, 6.07) is 8.40. The van der Waals surface area contributed by atoms with Crippen molar-refractivity contribution < 1.29 is 9.53 Å². The number of nitrogens with one attached hydrogen (secondary N) is 1. The minimum atomic E-state index is -0.390. The average molecular weight is 372 g/mol. The molecule has 0 atom stereocenters. The van der Waals surface area contributed by atoms with Gasteiger partial charge in [0.05, 0.1) is 16.8 Å². The zero-order valence-corrected chi connectivity index (χ0v) is 15.5. The van der Waals surface area contributed by atoms with Gasteiger partial charge in [-0.2, -0.15) is 5.10 Å². The molecule has 1 amide bonds. The van der Waals surface area contributed by atoms with Crippen LogP contribution in [0.1, 0.15) is 37.2 Å². The largest absolute Gasteiger partial charge is 0.494 e. The Labute approximate surface area is 154 Å². The standard InChI is InChI=1S/C18H20N4O3S/c1-3-5-10-22-16(23)9-8-14(21-22)17(24)20-18-19-13-7-6-12(25-4-2)11-15(13)26-18/h6-9,11H,3-5,10H2,1-2H3,(H,19,20,24). The highest BCUT2D eigenvalue weighted by Gasteiger charge is 2.13. The molecule has 2 heterocycles. The third-order valence-corrected chi connectivity index (χ3v) is 4.65. The van der Waals surface area contributed by atoms with Crippen molar-refractivity contribution in [3.63, 3.8) is 0 Å². The fourth-order valence-corrected chi connectivity index (χ4v) is 3.30. The maximum Gasteiger partial charge on any atom is 0.277 e. The zero-order chi connectivity index (χ0) is 18.5. The van der Waals surface area contributed by atoms with Crippen LogP contribution in [0.5, 0.6) is 5.75 Å². The van der Waals surface area contributed by atoms with E-state index in [0.717, 1.165) is 28.8 Å². The zero-order valence-electron chi connectivity index (χ0n) is 14.7. The molecule has 0 bridgehead atoms. The smallest absolute Gasteiger partial charge is 0.277 e. The van der Waals surface area contributed by atoms with Crippen LogP contribution in [0.3, 0.4) is 0 Å². The number of anilines is 1. The van der Waals surface area contributed by atoms with E-state index in [9.17, 15) is 9.59 Å². The highest BCUT2D eigenvalue weighted by atomic mass is 32.1. The lowest BCUT2D eigenvalue weighted by Gasteiger charge is -2.05. The molecule has 0 saturated carbocycles. The molecule has 3 aromatic rings. The number of unbranched alkanes of at least 4 members (excludes halogenated alkanes) is 1. The quantitative estimate of drug-likeness (QED) is 0.688. The molecule has 1 N–H and O–H groups in total. The molecule has 7 nitrogen and oxygen atoms in total. The number of nitrogens with zero attached hydrogens (tertiary/aromatic N) is 3. The highest BCUT2D eigenvalue weighted by Crippen LogP contribution is 2.29. The number of hydrogen-bond donors (Lipinski definition) is 1. The summed E-state index contributed by atoms with van der Waals surface area (Å²) in [7, 11) is 0. The third kappa shape index (κ3) is 4.08. The highest BCUT2D eigenvalue weighted by molar-refractivity contribution is 7.22. The summed E-state index contributed by atoms with van der Waals surface area (Å²) < 4.78 is 7.73. The number of carbonyl (C=O) groups is 1. The number of fused-ring (bicyclic) bond motifs is 1. The summed E-state index contributed by atoms with van der Waals surface area (Å²) in [5.74, 6) is 0.380. The topological polar surface area (TPSA) is 86.1 Å². The number of carbonyl (C=O) groups excluding carboxylic acids is 1. The van der Waals surface area contributed by atoms with E-state index < -0.39 is 0 Å². The van der Waals surface area contributed by atoms with Gasteiger partial charge in [0.25, 0.3) is 11.5 Å². The van der Waals surface area contributed by atoms with Crippen molar-refractivity contribution in [1.82, 2.24) is 14.8 Å². The Balaban J connectivity index is 1.79. The van der Waals surface area contributed by atoms with Gasteiger partial charge in [-0.25, -0.2) is 9.67 Å². The molecule has 0 saturated heterocycles. The Kier molecular flexibility index (Phi) is 5.62. The maximum atomic E-state index is 12.5. The van der Waals surface area contributed by atoms with Gasteiger partial charge in [-0.1, -0.05) is 24.7 Å². The van der Waals surface area contributed by atoms with Gasteiger partial charge >= 0.3 is 0 Å². The van der Waals surface area contributed by atoms with Crippen LogP contribution in [0.4, 0.5) is 5.13 Å². The Bertz CT molecular complexity index is 980. The SMILES string of the molecule is CCCCn1nc(C(=O)Nc2nc3ccc(OCC)cc3s2)ccc1=O. The van der Waals surface area contributed by atoms with Gasteiger partial charge in [-0.3, -0.25) is 14.9 Å². The van der Waals surface area contributed by atoms with E-state index in [-0.39, 0.29) is 17.2 Å². The van der Waals surface area contributed by atoms with E-state index in [4.69, 9.17) is 4.74 Å². The molecular formula is C18H20N4O3S. The third-order valence-electron chi connectivity index (χ3n) is 3.71. The molecule has 0 fully saturated rings. The second-order valence-electron chi connectivity index (χ2n) is 5.67. The van der Waals surface area contributed by atoms with Crippen LogP contribution < -0.4 is 15.6 Å². The molecule has 0 aliphatic carbocycles. The first-order chi connectivity index (χ1) is 12.6. The summed E-state index contributed by atoms with van der Waals surface area (Å²) in [6.45, 7) is 5.05. The lowest BCUT2D eigenvalue weighted by molar-refractivity contribution is 0.101. The summed E-state index contributed by atoms with van der Waals surface area (Å²) in [5, 5.41) is 7.38. The van der Waals surface area contributed by atoms with Crippen LogP contribution in [-0.2, 0) is 6.54 Å². The average Bonchev–Trinajstić information content (AvgIpc) is 3.02. The maximum absolute atomic E-state index is 12.5. The molecule has 0 aliphatic rings. The van der Waals surface area contributed by atoms with Crippen molar-refractivity contribution in [3.05, 3.63) is 46.4 Å². The predicted molar refractivity (Wildman–Crippen MR) is 102 cm³/mol. The summed E-state index contributed by atoms with van der Waals surface area (Å²) in [4.78, 5) is 28.7. The molecule has 2 aromatic heterocycles. The van der Waals surface area contributed by atoms with Crippen molar-refractivity contribution in [3.8, 4) is 5.75 Å². The summed E-state index contributed by atoms with van der Waals surface area (Å²) in [5.41, 5.74) is 0.767. The molecule has 0 unspecified atom stereocenters. The first-order valence-electron chi connectivity index (χ1n) is 8.53. The van der Waals surface area contributed by atoms with Gasteiger partial charge in [0.2, 0.25) is 0 Å². The van der Waals surface area contributed by atoms with Gasteiger partial charge in [0, 0.05) is 12.6 Å². The van der Waals surface area contributed by atoms with E-state index >= 15 is 0 Å². The lowest BCUT2D eigenvalue weighted by Crippen LogP contribution is -2.26. The number of thiazole rings is 1. The minimum Gasteiger partial charge on any atom is -0.494 e. The second-order valence-corrected chi connectivity index (χ2v) is 6.70. The molecule has 8 heteroatoms. The van der Waals surface area contributed by atoms with Crippen molar-refractivity contribution in [2.75, 3.05) is 11.9 Å². The van der Waals surface area contributed by atoms with Gasteiger partial charge in [-0.15, -0.1) is 0 Å². The van der Waals surface area contributed by atoms with Crippen molar-refractivity contribution in [2.45, 2.75) is 33.2 Å². The van der Waals surface area contributed by atoms with Crippen LogP contribution >= 0.6 is 11.3 Å². The molecule has 1 aromatic carbocycles. The lowest BCUT2D eigenvalue weighted by atomic mass is 10.3. The number of benzene rings is 1. The molecular weight excluding hydrogens is 352 g/mol. The van der Waals surface area contributed by atoms with E-state index in [0.29, 0.717) is 18.3 Å². The van der Waals surface area contributed by atoms with E-state index in [1.165, 1.54) is 28.2 Å². The number of ether oxygens (including phenoxy) is 1. The molecule has 3 rings (SSSR count). The monoisotopic (exact) mass is 372 g/mol. The van der Waals surface area contributed by atoms with Crippen LogP contribution in [0.2, 0.25) is 0 Å². The minimum absolute atomic E-state index is 0.190. The van der Waals surface area contributed by atoms with E-state index in [2.05, 4.69) is 15.4 Å². The van der Waals surface area contributed by atoms with E-state index in [1.807, 2.05) is 32.0 Å². The van der Waals surface area contributed by atoms with Gasteiger partial charge in [0.1, 0.15) is 11.4 Å². The fraction of sp³-hybridized carbons (Fsp3) is 0.333. The Morgan fingerprint density at radius 3 is 2.88 bits per heavy atom. The molecule has 0 radical (unpaired) electrons. The van der Waals surface area contributed by atoms with Gasteiger partial charge in [0.15, 0.2) is 5.13 Å². The molecule has 0 spiro atoms. The van der Waals surface area contributed by atoms with Gasteiger partial charge in [-0.05, 0) is 37.6 Å². The number of rotatable bonds is 7. The Morgan fingerprint density at radius 1 is 1.27 bits per heavy atom.